The Hall–Kier alpha value is -3.43. The Morgan fingerprint density at radius 1 is 1.00 bits per heavy atom. The monoisotopic (exact) mass is 474 g/mol. The molecule has 35 heavy (non-hydrogen) atoms. The molecule has 1 fully saturated rings. The summed E-state index contributed by atoms with van der Waals surface area (Å²) in [4.78, 5) is 22.6. The van der Waals surface area contributed by atoms with Crippen LogP contribution in [0, 0.1) is 5.82 Å². The summed E-state index contributed by atoms with van der Waals surface area (Å²) in [6.45, 7) is 12.7. The summed E-state index contributed by atoms with van der Waals surface area (Å²) >= 11 is 0. The third-order valence-corrected chi connectivity index (χ3v) is 6.53. The first kappa shape index (κ1) is 23.3. The van der Waals surface area contributed by atoms with E-state index in [4.69, 9.17) is 0 Å². The largest absolute Gasteiger partial charge is 0.343 e. The summed E-state index contributed by atoms with van der Waals surface area (Å²) in [6, 6.07) is 8.05. The van der Waals surface area contributed by atoms with Crippen LogP contribution in [0.4, 0.5) is 16.2 Å². The van der Waals surface area contributed by atoms with Gasteiger partial charge in [0.2, 0.25) is 5.95 Å². The predicted octanol–water partition coefficient (Wildman–Crippen LogP) is 4.49. The molecule has 4 aromatic rings. The molecule has 182 valence electrons. The summed E-state index contributed by atoms with van der Waals surface area (Å²) in [5.41, 5.74) is 3.68. The maximum absolute atomic E-state index is 14.8. The number of halogens is 1. The lowest BCUT2D eigenvalue weighted by Gasteiger charge is -2.33. The van der Waals surface area contributed by atoms with Crippen LogP contribution < -0.4 is 5.32 Å². The highest BCUT2D eigenvalue weighted by Crippen LogP contribution is 2.32. The molecule has 9 heteroatoms. The van der Waals surface area contributed by atoms with E-state index in [1.807, 2.05) is 30.6 Å². The molecule has 5 rings (SSSR count). The molecule has 0 aliphatic carbocycles. The van der Waals surface area contributed by atoms with E-state index in [0.29, 0.717) is 22.8 Å². The van der Waals surface area contributed by atoms with Gasteiger partial charge in [-0.25, -0.2) is 19.3 Å². The van der Waals surface area contributed by atoms with Gasteiger partial charge in [-0.15, -0.1) is 0 Å². The first-order valence-corrected chi connectivity index (χ1v) is 12.2. The van der Waals surface area contributed by atoms with Crippen molar-refractivity contribution in [1.29, 1.82) is 0 Å². The first-order valence-electron chi connectivity index (χ1n) is 12.2. The van der Waals surface area contributed by atoms with Crippen LogP contribution in [0.2, 0.25) is 0 Å². The van der Waals surface area contributed by atoms with Crippen molar-refractivity contribution in [3.05, 3.63) is 60.4 Å². The number of pyridine rings is 2. The molecule has 5 heterocycles. The van der Waals surface area contributed by atoms with E-state index >= 15 is 0 Å². The van der Waals surface area contributed by atoms with Crippen molar-refractivity contribution in [3.8, 4) is 11.3 Å². The summed E-state index contributed by atoms with van der Waals surface area (Å²) in [5, 5.41) is 3.12. The van der Waals surface area contributed by atoms with Crippen LogP contribution in [0.1, 0.15) is 32.4 Å². The predicted molar refractivity (Wildman–Crippen MR) is 136 cm³/mol. The van der Waals surface area contributed by atoms with E-state index in [-0.39, 0.29) is 11.7 Å². The fourth-order valence-electron chi connectivity index (χ4n) is 4.53. The summed E-state index contributed by atoms with van der Waals surface area (Å²) in [7, 11) is 0. The average Bonchev–Trinajstić information content (AvgIpc) is 3.27. The standard InChI is InChI=1S/C26H31FN8/c1-4-33-10-12-34(13-11-33)16-19-7-8-23(29-14-19)31-26-30-15-21(27)24(32-26)20-17-35(18(2)3)22-6-5-9-28-25(20)22/h5-9,14-15,17-18H,4,10-13,16H2,1-3H3,(H,29,30,31,32). The van der Waals surface area contributed by atoms with Gasteiger partial charge in [-0.1, -0.05) is 13.0 Å². The SMILES string of the molecule is CCN1CCN(Cc2ccc(Nc3ncc(F)c(-c4cn(C(C)C)c5cccnc45)n3)nc2)CC1. The molecule has 0 unspecified atom stereocenters. The second kappa shape index (κ2) is 10.1. The number of likely N-dealkylation sites (N-methyl/N-ethyl adjacent to an activating group) is 1. The molecule has 1 aliphatic rings. The van der Waals surface area contributed by atoms with Crippen LogP contribution in [0.5, 0.6) is 0 Å². The van der Waals surface area contributed by atoms with Gasteiger partial charge in [-0.3, -0.25) is 9.88 Å². The number of fused-ring (bicyclic) bond motifs is 1. The summed E-state index contributed by atoms with van der Waals surface area (Å²) in [5.74, 6) is 0.416. The molecule has 0 aromatic carbocycles. The number of aromatic nitrogens is 5. The van der Waals surface area contributed by atoms with Gasteiger partial charge < -0.3 is 14.8 Å². The molecule has 0 atom stereocenters. The molecule has 8 nitrogen and oxygen atoms in total. The van der Waals surface area contributed by atoms with Gasteiger partial charge in [0, 0.05) is 62.9 Å². The van der Waals surface area contributed by atoms with Crippen molar-refractivity contribution >= 4 is 22.8 Å². The highest BCUT2D eigenvalue weighted by atomic mass is 19.1. The fourth-order valence-corrected chi connectivity index (χ4v) is 4.53. The smallest absolute Gasteiger partial charge is 0.229 e. The van der Waals surface area contributed by atoms with Crippen molar-refractivity contribution in [3.63, 3.8) is 0 Å². The molecule has 4 aromatic heterocycles. The second-order valence-corrected chi connectivity index (χ2v) is 9.19. The van der Waals surface area contributed by atoms with Crippen LogP contribution in [-0.2, 0) is 6.54 Å². The third-order valence-electron chi connectivity index (χ3n) is 6.53. The Bertz CT molecular complexity index is 1290. The Labute approximate surface area is 204 Å². The molecule has 0 bridgehead atoms. The van der Waals surface area contributed by atoms with E-state index in [0.717, 1.165) is 50.3 Å². The van der Waals surface area contributed by atoms with Gasteiger partial charge in [-0.05, 0) is 44.2 Å². The Morgan fingerprint density at radius 2 is 1.80 bits per heavy atom. The minimum atomic E-state index is -0.490. The molecule has 1 saturated heterocycles. The molecular formula is C26H31FN8. The van der Waals surface area contributed by atoms with Crippen molar-refractivity contribution < 1.29 is 4.39 Å². The number of hydrogen-bond donors (Lipinski definition) is 1. The van der Waals surface area contributed by atoms with Gasteiger partial charge in [0.1, 0.15) is 11.5 Å². The van der Waals surface area contributed by atoms with E-state index in [9.17, 15) is 4.39 Å². The van der Waals surface area contributed by atoms with Crippen molar-refractivity contribution in [2.75, 3.05) is 38.0 Å². The zero-order valence-corrected chi connectivity index (χ0v) is 20.4. The van der Waals surface area contributed by atoms with Gasteiger partial charge >= 0.3 is 0 Å². The van der Waals surface area contributed by atoms with E-state index in [2.05, 4.69) is 66.5 Å². The Morgan fingerprint density at radius 3 is 2.51 bits per heavy atom. The quantitative estimate of drug-likeness (QED) is 0.423. The minimum absolute atomic E-state index is 0.205. The molecule has 0 saturated carbocycles. The van der Waals surface area contributed by atoms with Crippen LogP contribution in [0.25, 0.3) is 22.3 Å². The summed E-state index contributed by atoms with van der Waals surface area (Å²) < 4.78 is 16.9. The highest BCUT2D eigenvalue weighted by molar-refractivity contribution is 5.92. The minimum Gasteiger partial charge on any atom is -0.343 e. The molecule has 1 N–H and O–H groups in total. The Balaban J connectivity index is 1.33. The highest BCUT2D eigenvalue weighted by Gasteiger charge is 2.19. The second-order valence-electron chi connectivity index (χ2n) is 9.19. The van der Waals surface area contributed by atoms with E-state index in [1.54, 1.807) is 6.20 Å². The zero-order chi connectivity index (χ0) is 24.4. The molecule has 0 spiro atoms. The van der Waals surface area contributed by atoms with Gasteiger partial charge in [-0.2, -0.15) is 0 Å². The maximum Gasteiger partial charge on any atom is 0.229 e. The van der Waals surface area contributed by atoms with Crippen molar-refractivity contribution in [2.24, 2.45) is 0 Å². The number of piperazine rings is 1. The number of anilines is 2. The lowest BCUT2D eigenvalue weighted by Crippen LogP contribution is -2.45. The number of hydrogen-bond acceptors (Lipinski definition) is 7. The van der Waals surface area contributed by atoms with E-state index in [1.165, 1.54) is 6.20 Å². The van der Waals surface area contributed by atoms with E-state index < -0.39 is 5.82 Å². The van der Waals surface area contributed by atoms with Crippen LogP contribution >= 0.6 is 0 Å². The normalized spacial score (nSPS) is 15.2. The van der Waals surface area contributed by atoms with Crippen molar-refractivity contribution in [1.82, 2.24) is 34.3 Å². The lowest BCUT2D eigenvalue weighted by molar-refractivity contribution is 0.132. The number of nitrogens with zero attached hydrogens (tertiary/aromatic N) is 7. The average molecular weight is 475 g/mol. The molecular weight excluding hydrogens is 443 g/mol. The summed E-state index contributed by atoms with van der Waals surface area (Å²) in [6.07, 6.45) is 6.68. The van der Waals surface area contributed by atoms with Crippen LogP contribution in [0.3, 0.4) is 0 Å². The van der Waals surface area contributed by atoms with Gasteiger partial charge in [0.25, 0.3) is 0 Å². The lowest BCUT2D eigenvalue weighted by atomic mass is 10.2. The third kappa shape index (κ3) is 5.01. The topological polar surface area (TPSA) is 75.0 Å². The van der Waals surface area contributed by atoms with Gasteiger partial charge in [0.15, 0.2) is 5.82 Å². The Kier molecular flexibility index (Phi) is 6.70. The molecule has 1 aliphatic heterocycles. The number of nitrogens with one attached hydrogen (secondary N) is 1. The molecule has 0 amide bonds. The molecule has 0 radical (unpaired) electrons. The van der Waals surface area contributed by atoms with Gasteiger partial charge in [0.05, 0.1) is 17.2 Å². The van der Waals surface area contributed by atoms with Crippen LogP contribution in [0.15, 0.2) is 49.1 Å². The number of rotatable bonds is 7. The maximum atomic E-state index is 14.8. The van der Waals surface area contributed by atoms with Crippen LogP contribution in [-0.4, -0.2) is 67.0 Å². The first-order chi connectivity index (χ1) is 17.0. The van der Waals surface area contributed by atoms with Crippen molar-refractivity contribution in [2.45, 2.75) is 33.4 Å². The zero-order valence-electron chi connectivity index (χ0n) is 20.4. The fraction of sp³-hybridized carbons (Fsp3) is 0.385.